The molecular weight excluding hydrogens is 262 g/mol. The van der Waals surface area contributed by atoms with Gasteiger partial charge in [-0.15, -0.1) is 0 Å². The fourth-order valence-electron chi connectivity index (χ4n) is 3.46. The topological polar surface area (TPSA) is 60.2 Å². The van der Waals surface area contributed by atoms with E-state index in [9.17, 15) is 0 Å². The van der Waals surface area contributed by atoms with E-state index in [4.69, 9.17) is 10.5 Å². The number of anilines is 1. The zero-order chi connectivity index (χ0) is 15.1. The van der Waals surface area contributed by atoms with Crippen LogP contribution in [0.4, 0.5) is 5.69 Å². The van der Waals surface area contributed by atoms with Gasteiger partial charge in [0.1, 0.15) is 0 Å². The van der Waals surface area contributed by atoms with Crippen LogP contribution in [-0.4, -0.2) is 24.2 Å². The van der Waals surface area contributed by atoms with Crippen molar-refractivity contribution in [1.82, 2.24) is 10.3 Å². The SMILES string of the molecule is CCCNC(c1cnccc1N)C1(OC)CCCCCC1. The van der Waals surface area contributed by atoms with E-state index in [1.165, 1.54) is 25.7 Å². The van der Waals surface area contributed by atoms with Gasteiger partial charge < -0.3 is 15.8 Å². The van der Waals surface area contributed by atoms with Gasteiger partial charge in [-0.05, 0) is 31.9 Å². The first-order valence-corrected chi connectivity index (χ1v) is 8.21. The molecule has 2 rings (SSSR count). The van der Waals surface area contributed by atoms with Crippen molar-refractivity contribution in [3.05, 3.63) is 24.0 Å². The Kier molecular flexibility index (Phi) is 6.00. The Hall–Kier alpha value is -1.13. The molecule has 0 aliphatic heterocycles. The molecule has 0 spiro atoms. The third kappa shape index (κ3) is 3.74. The number of nitrogens with two attached hydrogens (primary N) is 1. The second-order valence-corrected chi connectivity index (χ2v) is 6.07. The number of nitrogens with one attached hydrogen (secondary N) is 1. The standard InChI is InChI=1S/C17H29N3O/c1-3-11-20-16(14-13-19-12-8-15(14)18)17(21-2)9-6-4-5-7-10-17/h8,12-13,16,20H,3-7,9-11H2,1-2H3,(H2,18,19). The number of ether oxygens (including phenoxy) is 1. The lowest BCUT2D eigenvalue weighted by atomic mass is 9.82. The highest BCUT2D eigenvalue weighted by atomic mass is 16.5. The molecule has 1 aromatic heterocycles. The quantitative estimate of drug-likeness (QED) is 0.788. The van der Waals surface area contributed by atoms with Gasteiger partial charge in [0.25, 0.3) is 0 Å². The highest BCUT2D eigenvalue weighted by molar-refractivity contribution is 5.47. The van der Waals surface area contributed by atoms with Gasteiger partial charge in [0.05, 0.1) is 11.6 Å². The normalized spacial score (nSPS) is 19.9. The maximum atomic E-state index is 6.22. The molecule has 0 bridgehead atoms. The molecule has 1 aromatic rings. The summed E-state index contributed by atoms with van der Waals surface area (Å²) in [6.45, 7) is 3.15. The Morgan fingerprint density at radius 1 is 1.33 bits per heavy atom. The van der Waals surface area contributed by atoms with Crippen LogP contribution in [0.15, 0.2) is 18.5 Å². The maximum absolute atomic E-state index is 6.22. The molecule has 3 N–H and O–H groups in total. The molecule has 1 aliphatic carbocycles. The summed E-state index contributed by atoms with van der Waals surface area (Å²) < 4.78 is 6.08. The lowest BCUT2D eigenvalue weighted by Gasteiger charge is -2.40. The number of nitrogen functional groups attached to an aromatic ring is 1. The Labute approximate surface area is 128 Å². The molecule has 4 heteroatoms. The van der Waals surface area contributed by atoms with E-state index in [1.807, 2.05) is 19.4 Å². The predicted molar refractivity (Wildman–Crippen MR) is 87.1 cm³/mol. The minimum absolute atomic E-state index is 0.120. The molecule has 0 saturated heterocycles. The van der Waals surface area contributed by atoms with Gasteiger partial charge >= 0.3 is 0 Å². The average molecular weight is 291 g/mol. The van der Waals surface area contributed by atoms with Crippen LogP contribution >= 0.6 is 0 Å². The molecule has 0 aromatic carbocycles. The summed E-state index contributed by atoms with van der Waals surface area (Å²) in [5, 5.41) is 3.67. The molecule has 0 radical (unpaired) electrons. The van der Waals surface area contributed by atoms with Crippen molar-refractivity contribution in [2.75, 3.05) is 19.4 Å². The van der Waals surface area contributed by atoms with Crippen molar-refractivity contribution in [3.63, 3.8) is 0 Å². The third-order valence-corrected chi connectivity index (χ3v) is 4.68. The molecule has 1 atom stereocenters. The first-order chi connectivity index (χ1) is 10.2. The molecule has 118 valence electrons. The van der Waals surface area contributed by atoms with E-state index in [2.05, 4.69) is 17.2 Å². The van der Waals surface area contributed by atoms with Gasteiger partial charge in [0, 0.05) is 30.8 Å². The van der Waals surface area contributed by atoms with Gasteiger partial charge in [-0.2, -0.15) is 0 Å². The van der Waals surface area contributed by atoms with Gasteiger partial charge in [-0.25, -0.2) is 0 Å². The lowest BCUT2D eigenvalue weighted by molar-refractivity contribution is -0.0539. The molecule has 1 aliphatic rings. The Morgan fingerprint density at radius 2 is 2.05 bits per heavy atom. The summed E-state index contributed by atoms with van der Waals surface area (Å²) in [5.74, 6) is 0. The van der Waals surface area contributed by atoms with Crippen LogP contribution in [0, 0.1) is 0 Å². The highest BCUT2D eigenvalue weighted by Crippen LogP contribution is 2.41. The first-order valence-electron chi connectivity index (χ1n) is 8.21. The smallest absolute Gasteiger partial charge is 0.0873 e. The summed E-state index contributed by atoms with van der Waals surface area (Å²) in [4.78, 5) is 4.28. The molecule has 1 fully saturated rings. The van der Waals surface area contributed by atoms with E-state index in [0.29, 0.717) is 0 Å². The van der Waals surface area contributed by atoms with Crippen molar-refractivity contribution in [2.24, 2.45) is 0 Å². The van der Waals surface area contributed by atoms with Crippen LogP contribution in [-0.2, 0) is 4.74 Å². The van der Waals surface area contributed by atoms with Crippen LogP contribution in [0.1, 0.15) is 63.5 Å². The molecular formula is C17H29N3O. The summed E-state index contributed by atoms with van der Waals surface area (Å²) in [5.41, 5.74) is 7.94. The summed E-state index contributed by atoms with van der Waals surface area (Å²) in [6.07, 6.45) is 11.9. The van der Waals surface area contributed by atoms with E-state index >= 15 is 0 Å². The van der Waals surface area contributed by atoms with Crippen LogP contribution in [0.3, 0.4) is 0 Å². The summed E-state index contributed by atoms with van der Waals surface area (Å²) in [6, 6.07) is 2.00. The molecule has 1 heterocycles. The highest BCUT2D eigenvalue weighted by Gasteiger charge is 2.40. The number of hydrogen-bond donors (Lipinski definition) is 2. The van der Waals surface area contributed by atoms with Crippen molar-refractivity contribution < 1.29 is 4.74 Å². The number of hydrogen-bond acceptors (Lipinski definition) is 4. The zero-order valence-electron chi connectivity index (χ0n) is 13.4. The van der Waals surface area contributed by atoms with Crippen LogP contribution < -0.4 is 11.1 Å². The second kappa shape index (κ2) is 7.76. The number of methoxy groups -OCH3 is 1. The van der Waals surface area contributed by atoms with Crippen molar-refractivity contribution in [1.29, 1.82) is 0 Å². The van der Waals surface area contributed by atoms with Gasteiger partial charge in [-0.3, -0.25) is 4.98 Å². The van der Waals surface area contributed by atoms with Crippen LogP contribution in [0.2, 0.25) is 0 Å². The number of aromatic nitrogens is 1. The molecule has 4 nitrogen and oxygen atoms in total. The Morgan fingerprint density at radius 3 is 2.62 bits per heavy atom. The molecule has 1 unspecified atom stereocenters. The van der Waals surface area contributed by atoms with E-state index in [1.54, 1.807) is 6.20 Å². The fraction of sp³-hybridized carbons (Fsp3) is 0.706. The van der Waals surface area contributed by atoms with Crippen molar-refractivity contribution in [2.45, 2.75) is 63.5 Å². The molecule has 0 amide bonds. The number of rotatable bonds is 6. The monoisotopic (exact) mass is 291 g/mol. The Bertz CT molecular complexity index is 428. The summed E-state index contributed by atoms with van der Waals surface area (Å²) in [7, 11) is 1.85. The third-order valence-electron chi connectivity index (χ3n) is 4.68. The van der Waals surface area contributed by atoms with Gasteiger partial charge in [0.15, 0.2) is 0 Å². The maximum Gasteiger partial charge on any atom is 0.0873 e. The first kappa shape index (κ1) is 16.2. The number of nitrogens with zero attached hydrogens (tertiary/aromatic N) is 1. The second-order valence-electron chi connectivity index (χ2n) is 6.07. The Balaban J connectivity index is 2.34. The summed E-state index contributed by atoms with van der Waals surface area (Å²) >= 11 is 0. The minimum atomic E-state index is -0.164. The van der Waals surface area contributed by atoms with E-state index in [0.717, 1.165) is 37.1 Å². The van der Waals surface area contributed by atoms with Gasteiger partial charge in [-0.1, -0.05) is 32.6 Å². The lowest BCUT2D eigenvalue weighted by Crippen LogP contribution is -2.46. The molecule has 1 saturated carbocycles. The van der Waals surface area contributed by atoms with Gasteiger partial charge in [0.2, 0.25) is 0 Å². The predicted octanol–water partition coefficient (Wildman–Crippen LogP) is 3.44. The largest absolute Gasteiger partial charge is 0.398 e. The van der Waals surface area contributed by atoms with E-state index < -0.39 is 0 Å². The minimum Gasteiger partial charge on any atom is -0.398 e. The fourth-order valence-corrected chi connectivity index (χ4v) is 3.46. The number of pyridine rings is 1. The van der Waals surface area contributed by atoms with Crippen molar-refractivity contribution >= 4 is 5.69 Å². The van der Waals surface area contributed by atoms with E-state index in [-0.39, 0.29) is 11.6 Å². The zero-order valence-corrected chi connectivity index (χ0v) is 13.4. The van der Waals surface area contributed by atoms with Crippen LogP contribution in [0.5, 0.6) is 0 Å². The van der Waals surface area contributed by atoms with Crippen LogP contribution in [0.25, 0.3) is 0 Å². The molecule has 21 heavy (non-hydrogen) atoms. The average Bonchev–Trinajstić information content (AvgIpc) is 2.76. The van der Waals surface area contributed by atoms with Crippen molar-refractivity contribution in [3.8, 4) is 0 Å².